The Bertz CT molecular complexity index is 915. The van der Waals surface area contributed by atoms with E-state index >= 15 is 0 Å². The third-order valence-electron chi connectivity index (χ3n) is 9.04. The number of carbonyl (C=O) groups excluding carboxylic acids is 2. The summed E-state index contributed by atoms with van der Waals surface area (Å²) < 4.78 is 17.2. The molecule has 0 aliphatic heterocycles. The molecule has 1 unspecified atom stereocenters. The molecule has 0 fully saturated rings. The second-order valence-electron chi connectivity index (χ2n) is 14.2. The summed E-state index contributed by atoms with van der Waals surface area (Å²) in [6.45, 7) is 7.60. The molecule has 0 aliphatic rings. The molecule has 0 amide bonds. The van der Waals surface area contributed by atoms with Gasteiger partial charge in [0.05, 0.1) is 6.61 Å². The minimum absolute atomic E-state index is 0.0698. The van der Waals surface area contributed by atoms with E-state index in [1.807, 2.05) is 0 Å². The van der Waals surface area contributed by atoms with Crippen molar-refractivity contribution in [3.63, 3.8) is 0 Å². The van der Waals surface area contributed by atoms with Crippen LogP contribution in [0.5, 0.6) is 0 Å². The summed E-state index contributed by atoms with van der Waals surface area (Å²) in [4.78, 5) is 25.1. The first-order valence-corrected chi connectivity index (χ1v) is 21.8. The standard InChI is InChI=1S/C47H82O5/c1-4-7-10-13-16-18-20-22-23-24-25-26-27-29-32-34-37-40-46(48)51-44-45(52-47(49)41-38-35-31-15-12-9-6-3)43-50-42-39-36-33-30-28-21-19-17-14-11-8-5-2/h7,10,14,16-18,22-23,25-26,45H,4-6,8-9,11-13,15,19-21,24,27-44H2,1-3H3/b10-7-,17-14-,18-16-,23-22-,26-25-. The van der Waals surface area contributed by atoms with Gasteiger partial charge in [0.1, 0.15) is 6.61 Å². The van der Waals surface area contributed by atoms with Crippen LogP contribution < -0.4 is 0 Å². The molecule has 0 radical (unpaired) electrons. The number of unbranched alkanes of at least 4 members (excludes halogenated alkanes) is 18. The molecule has 0 aromatic carbocycles. The second kappa shape index (κ2) is 43.0. The van der Waals surface area contributed by atoms with E-state index in [2.05, 4.69) is 81.5 Å². The molecule has 0 bridgehead atoms. The fourth-order valence-electron chi connectivity index (χ4n) is 5.77. The van der Waals surface area contributed by atoms with Crippen LogP contribution >= 0.6 is 0 Å². The lowest BCUT2D eigenvalue weighted by molar-refractivity contribution is -0.163. The van der Waals surface area contributed by atoms with E-state index in [0.717, 1.165) is 89.9 Å². The molecular formula is C47H82O5. The van der Waals surface area contributed by atoms with E-state index in [1.165, 1.54) is 77.0 Å². The van der Waals surface area contributed by atoms with E-state index in [0.29, 0.717) is 19.4 Å². The number of ether oxygens (including phenoxy) is 3. The maximum absolute atomic E-state index is 12.6. The minimum Gasteiger partial charge on any atom is -0.462 e. The van der Waals surface area contributed by atoms with Crippen LogP contribution in [0.3, 0.4) is 0 Å². The maximum Gasteiger partial charge on any atom is 0.306 e. The zero-order valence-corrected chi connectivity index (χ0v) is 34.3. The molecule has 0 N–H and O–H groups in total. The number of esters is 2. The summed E-state index contributed by atoms with van der Waals surface area (Å²) in [5.74, 6) is -0.435. The summed E-state index contributed by atoms with van der Waals surface area (Å²) in [5, 5.41) is 0. The average Bonchev–Trinajstić information content (AvgIpc) is 3.14. The van der Waals surface area contributed by atoms with Gasteiger partial charge in [-0.1, -0.05) is 171 Å². The van der Waals surface area contributed by atoms with Crippen LogP contribution in [-0.2, 0) is 23.8 Å². The van der Waals surface area contributed by atoms with Crippen molar-refractivity contribution in [3.8, 4) is 0 Å². The summed E-state index contributed by atoms with van der Waals surface area (Å²) >= 11 is 0. The lowest BCUT2D eigenvalue weighted by atomic mass is 10.1. The lowest BCUT2D eigenvalue weighted by Crippen LogP contribution is -2.30. The number of hydrogen-bond acceptors (Lipinski definition) is 5. The molecule has 300 valence electrons. The zero-order valence-electron chi connectivity index (χ0n) is 34.3. The Kier molecular flexibility index (Phi) is 41.0. The van der Waals surface area contributed by atoms with E-state index in [-0.39, 0.29) is 25.2 Å². The molecule has 5 heteroatoms. The molecule has 5 nitrogen and oxygen atoms in total. The van der Waals surface area contributed by atoms with Crippen LogP contribution in [0.15, 0.2) is 60.8 Å². The largest absolute Gasteiger partial charge is 0.462 e. The second-order valence-corrected chi connectivity index (χ2v) is 14.2. The first kappa shape index (κ1) is 49.6. The van der Waals surface area contributed by atoms with Gasteiger partial charge in [-0.25, -0.2) is 0 Å². The van der Waals surface area contributed by atoms with Crippen molar-refractivity contribution < 1.29 is 23.8 Å². The summed E-state index contributed by atoms with van der Waals surface area (Å²) in [5.41, 5.74) is 0. The number of rotatable bonds is 39. The van der Waals surface area contributed by atoms with Gasteiger partial charge in [-0.15, -0.1) is 0 Å². The van der Waals surface area contributed by atoms with Crippen LogP contribution in [0.1, 0.15) is 201 Å². The molecule has 52 heavy (non-hydrogen) atoms. The molecule has 0 aliphatic carbocycles. The Labute approximate surface area is 322 Å². The van der Waals surface area contributed by atoms with E-state index < -0.39 is 6.10 Å². The van der Waals surface area contributed by atoms with Crippen molar-refractivity contribution in [2.45, 2.75) is 207 Å². The molecule has 1 atom stereocenters. The van der Waals surface area contributed by atoms with Gasteiger partial charge in [0.2, 0.25) is 0 Å². The third kappa shape index (κ3) is 40.4. The number of hydrogen-bond donors (Lipinski definition) is 0. The van der Waals surface area contributed by atoms with Crippen molar-refractivity contribution in [2.75, 3.05) is 19.8 Å². The smallest absolute Gasteiger partial charge is 0.306 e. The molecule has 0 heterocycles. The van der Waals surface area contributed by atoms with Crippen LogP contribution in [0.2, 0.25) is 0 Å². The van der Waals surface area contributed by atoms with Gasteiger partial charge in [-0.3, -0.25) is 9.59 Å². The zero-order chi connectivity index (χ0) is 37.8. The highest BCUT2D eigenvalue weighted by atomic mass is 16.6. The van der Waals surface area contributed by atoms with E-state index in [9.17, 15) is 9.59 Å². The van der Waals surface area contributed by atoms with Crippen molar-refractivity contribution in [3.05, 3.63) is 60.8 Å². The Hall–Kier alpha value is -2.40. The van der Waals surface area contributed by atoms with Crippen LogP contribution in [0.25, 0.3) is 0 Å². The van der Waals surface area contributed by atoms with Crippen LogP contribution in [-0.4, -0.2) is 37.9 Å². The van der Waals surface area contributed by atoms with Crippen molar-refractivity contribution >= 4 is 11.9 Å². The van der Waals surface area contributed by atoms with Crippen molar-refractivity contribution in [1.82, 2.24) is 0 Å². The highest BCUT2D eigenvalue weighted by Crippen LogP contribution is 2.12. The summed E-state index contributed by atoms with van der Waals surface area (Å²) in [6.07, 6.45) is 52.2. The van der Waals surface area contributed by atoms with E-state index in [1.54, 1.807) is 0 Å². The van der Waals surface area contributed by atoms with Gasteiger partial charge in [0.25, 0.3) is 0 Å². The summed E-state index contributed by atoms with van der Waals surface area (Å²) in [6, 6.07) is 0. The Balaban J connectivity index is 4.21. The maximum atomic E-state index is 12.6. The molecular weight excluding hydrogens is 645 g/mol. The third-order valence-corrected chi connectivity index (χ3v) is 9.04. The predicted octanol–water partition coefficient (Wildman–Crippen LogP) is 14.2. The average molecular weight is 727 g/mol. The number of carbonyl (C=O) groups is 2. The van der Waals surface area contributed by atoms with Crippen molar-refractivity contribution in [2.24, 2.45) is 0 Å². The monoisotopic (exact) mass is 727 g/mol. The molecule has 0 rings (SSSR count). The molecule has 0 spiro atoms. The lowest BCUT2D eigenvalue weighted by Gasteiger charge is -2.18. The molecule has 0 aromatic rings. The first-order valence-electron chi connectivity index (χ1n) is 21.8. The Morgan fingerprint density at radius 3 is 1.46 bits per heavy atom. The Morgan fingerprint density at radius 1 is 0.442 bits per heavy atom. The van der Waals surface area contributed by atoms with E-state index in [4.69, 9.17) is 14.2 Å². The Morgan fingerprint density at radius 2 is 0.885 bits per heavy atom. The molecule has 0 saturated carbocycles. The molecule has 0 saturated heterocycles. The summed E-state index contributed by atoms with van der Waals surface area (Å²) in [7, 11) is 0. The predicted molar refractivity (Wildman–Crippen MR) is 224 cm³/mol. The van der Waals surface area contributed by atoms with Crippen LogP contribution in [0.4, 0.5) is 0 Å². The van der Waals surface area contributed by atoms with Gasteiger partial charge in [0, 0.05) is 19.4 Å². The van der Waals surface area contributed by atoms with Crippen molar-refractivity contribution in [1.29, 1.82) is 0 Å². The van der Waals surface area contributed by atoms with Gasteiger partial charge >= 0.3 is 11.9 Å². The minimum atomic E-state index is -0.544. The SMILES string of the molecule is CC/C=C\C/C=C\C/C=C\C/C=C\CCCCCCC(=O)OCC(COCCCCCCCC/C=C\CCCC)OC(=O)CCCCCCCCC. The van der Waals surface area contributed by atoms with Gasteiger partial charge in [-0.05, 0) is 77.0 Å². The topological polar surface area (TPSA) is 61.8 Å². The van der Waals surface area contributed by atoms with Gasteiger partial charge < -0.3 is 14.2 Å². The first-order chi connectivity index (χ1) is 25.6. The fourth-order valence-corrected chi connectivity index (χ4v) is 5.77. The quantitative estimate of drug-likeness (QED) is 0.0358. The highest BCUT2D eigenvalue weighted by Gasteiger charge is 2.17. The highest BCUT2D eigenvalue weighted by molar-refractivity contribution is 5.70. The van der Waals surface area contributed by atoms with Gasteiger partial charge in [-0.2, -0.15) is 0 Å². The normalized spacial score (nSPS) is 12.8. The number of allylic oxidation sites excluding steroid dienone is 10. The fraction of sp³-hybridized carbons (Fsp3) is 0.745. The van der Waals surface area contributed by atoms with Crippen LogP contribution in [0, 0.1) is 0 Å². The molecule has 0 aromatic heterocycles. The van der Waals surface area contributed by atoms with Gasteiger partial charge in [0.15, 0.2) is 6.10 Å².